The highest BCUT2D eigenvalue weighted by molar-refractivity contribution is 5.00. The first kappa shape index (κ1) is 12.7. The summed E-state index contributed by atoms with van der Waals surface area (Å²) in [5, 5.41) is 12.8. The molecule has 0 aromatic carbocycles. The minimum atomic E-state index is 0.346. The van der Waals surface area contributed by atoms with Gasteiger partial charge in [-0.2, -0.15) is 0 Å². The minimum absolute atomic E-state index is 0.346. The SMILES string of the molecule is CC(Cc1ccco1)NCC1CCCC1CO. The van der Waals surface area contributed by atoms with E-state index in [1.807, 2.05) is 12.1 Å². The lowest BCUT2D eigenvalue weighted by atomic mass is 9.96. The largest absolute Gasteiger partial charge is 0.469 e. The summed E-state index contributed by atoms with van der Waals surface area (Å²) in [6, 6.07) is 4.38. The van der Waals surface area contributed by atoms with Crippen LogP contribution in [0.25, 0.3) is 0 Å². The Labute approximate surface area is 103 Å². The highest BCUT2D eigenvalue weighted by Gasteiger charge is 2.26. The maximum Gasteiger partial charge on any atom is 0.105 e. The van der Waals surface area contributed by atoms with Crippen molar-refractivity contribution < 1.29 is 9.52 Å². The van der Waals surface area contributed by atoms with Crippen LogP contribution in [0.4, 0.5) is 0 Å². The Kier molecular flexibility index (Phi) is 4.63. The van der Waals surface area contributed by atoms with Gasteiger partial charge in [0.1, 0.15) is 5.76 Å². The second kappa shape index (κ2) is 6.22. The van der Waals surface area contributed by atoms with Crippen molar-refractivity contribution in [2.75, 3.05) is 13.2 Å². The number of nitrogens with one attached hydrogen (secondary N) is 1. The third-order valence-electron chi connectivity index (χ3n) is 3.87. The summed E-state index contributed by atoms with van der Waals surface area (Å²) in [7, 11) is 0. The van der Waals surface area contributed by atoms with Crippen molar-refractivity contribution in [2.24, 2.45) is 11.8 Å². The van der Waals surface area contributed by atoms with Crippen LogP contribution < -0.4 is 5.32 Å². The number of hydrogen-bond donors (Lipinski definition) is 2. The average Bonchev–Trinajstić information content (AvgIpc) is 2.96. The molecule has 0 saturated heterocycles. The van der Waals surface area contributed by atoms with Crippen LogP contribution >= 0.6 is 0 Å². The van der Waals surface area contributed by atoms with E-state index < -0.39 is 0 Å². The monoisotopic (exact) mass is 237 g/mol. The molecule has 96 valence electrons. The van der Waals surface area contributed by atoms with E-state index in [4.69, 9.17) is 4.42 Å². The zero-order valence-electron chi connectivity index (χ0n) is 10.6. The molecular formula is C14H23NO2. The van der Waals surface area contributed by atoms with Crippen LogP contribution in [0.1, 0.15) is 31.9 Å². The molecular weight excluding hydrogens is 214 g/mol. The molecule has 1 fully saturated rings. The molecule has 0 spiro atoms. The molecule has 17 heavy (non-hydrogen) atoms. The molecule has 3 heteroatoms. The van der Waals surface area contributed by atoms with E-state index in [1.54, 1.807) is 6.26 Å². The molecule has 1 aliphatic rings. The van der Waals surface area contributed by atoms with Crippen LogP contribution in [-0.4, -0.2) is 24.3 Å². The molecule has 1 heterocycles. The van der Waals surface area contributed by atoms with Crippen molar-refractivity contribution in [3.05, 3.63) is 24.2 Å². The Balaban J connectivity index is 1.70. The third kappa shape index (κ3) is 3.58. The van der Waals surface area contributed by atoms with E-state index in [2.05, 4.69) is 12.2 Å². The van der Waals surface area contributed by atoms with Gasteiger partial charge in [-0.3, -0.25) is 0 Å². The third-order valence-corrected chi connectivity index (χ3v) is 3.87. The fraction of sp³-hybridized carbons (Fsp3) is 0.714. The number of aliphatic hydroxyl groups excluding tert-OH is 1. The Hall–Kier alpha value is -0.800. The first-order chi connectivity index (χ1) is 8.29. The van der Waals surface area contributed by atoms with Gasteiger partial charge in [0, 0.05) is 19.1 Å². The van der Waals surface area contributed by atoms with Gasteiger partial charge in [-0.15, -0.1) is 0 Å². The average molecular weight is 237 g/mol. The molecule has 3 nitrogen and oxygen atoms in total. The van der Waals surface area contributed by atoms with E-state index in [0.717, 1.165) is 18.7 Å². The van der Waals surface area contributed by atoms with E-state index >= 15 is 0 Å². The van der Waals surface area contributed by atoms with Crippen molar-refractivity contribution in [3.8, 4) is 0 Å². The van der Waals surface area contributed by atoms with Crippen LogP contribution in [0.2, 0.25) is 0 Å². The van der Waals surface area contributed by atoms with E-state index in [9.17, 15) is 5.11 Å². The molecule has 3 unspecified atom stereocenters. The maximum absolute atomic E-state index is 9.27. The van der Waals surface area contributed by atoms with Crippen LogP contribution in [0.5, 0.6) is 0 Å². The lowest BCUT2D eigenvalue weighted by Gasteiger charge is -2.20. The lowest BCUT2D eigenvalue weighted by Crippen LogP contribution is -2.34. The molecule has 0 bridgehead atoms. The summed E-state index contributed by atoms with van der Waals surface area (Å²) in [6.45, 7) is 3.55. The Morgan fingerprint density at radius 1 is 1.47 bits per heavy atom. The quantitative estimate of drug-likeness (QED) is 0.797. The molecule has 2 N–H and O–H groups in total. The van der Waals surface area contributed by atoms with Crippen LogP contribution in [0.15, 0.2) is 22.8 Å². The summed E-state index contributed by atoms with van der Waals surface area (Å²) < 4.78 is 5.34. The second-order valence-electron chi connectivity index (χ2n) is 5.23. The zero-order valence-corrected chi connectivity index (χ0v) is 10.6. The highest BCUT2D eigenvalue weighted by Crippen LogP contribution is 2.30. The van der Waals surface area contributed by atoms with Gasteiger partial charge in [-0.25, -0.2) is 0 Å². The van der Waals surface area contributed by atoms with Crippen molar-refractivity contribution in [3.63, 3.8) is 0 Å². The van der Waals surface area contributed by atoms with Crippen molar-refractivity contribution in [1.82, 2.24) is 5.32 Å². The van der Waals surface area contributed by atoms with Crippen molar-refractivity contribution >= 4 is 0 Å². The topological polar surface area (TPSA) is 45.4 Å². The molecule has 0 radical (unpaired) electrons. The van der Waals surface area contributed by atoms with Gasteiger partial charge in [-0.1, -0.05) is 6.42 Å². The van der Waals surface area contributed by atoms with Gasteiger partial charge in [0.25, 0.3) is 0 Å². The molecule has 0 amide bonds. The van der Waals surface area contributed by atoms with Gasteiger partial charge >= 0.3 is 0 Å². The fourth-order valence-electron chi connectivity index (χ4n) is 2.78. The van der Waals surface area contributed by atoms with Gasteiger partial charge in [-0.05, 0) is 50.3 Å². The molecule has 1 saturated carbocycles. The summed E-state index contributed by atoms with van der Waals surface area (Å²) in [4.78, 5) is 0. The molecule has 0 aliphatic heterocycles. The molecule has 1 aromatic rings. The second-order valence-corrected chi connectivity index (χ2v) is 5.23. The predicted molar refractivity (Wildman–Crippen MR) is 67.8 cm³/mol. The molecule has 1 aliphatic carbocycles. The summed E-state index contributed by atoms with van der Waals surface area (Å²) in [5.74, 6) is 2.20. The molecule has 3 atom stereocenters. The van der Waals surface area contributed by atoms with Crippen molar-refractivity contribution in [2.45, 2.75) is 38.6 Å². The number of rotatable bonds is 6. The Morgan fingerprint density at radius 2 is 2.29 bits per heavy atom. The summed E-state index contributed by atoms with van der Waals surface area (Å²) in [5.41, 5.74) is 0. The van der Waals surface area contributed by atoms with Gasteiger partial charge in [0.2, 0.25) is 0 Å². The number of hydrogen-bond acceptors (Lipinski definition) is 3. The molecule has 1 aromatic heterocycles. The minimum Gasteiger partial charge on any atom is -0.469 e. The maximum atomic E-state index is 9.27. The van der Waals surface area contributed by atoms with Crippen LogP contribution in [0, 0.1) is 11.8 Å². The lowest BCUT2D eigenvalue weighted by molar-refractivity contribution is 0.190. The van der Waals surface area contributed by atoms with Gasteiger partial charge < -0.3 is 14.8 Å². The van der Waals surface area contributed by atoms with Crippen LogP contribution in [0.3, 0.4) is 0 Å². The first-order valence-electron chi connectivity index (χ1n) is 6.66. The first-order valence-corrected chi connectivity index (χ1v) is 6.66. The summed E-state index contributed by atoms with van der Waals surface area (Å²) >= 11 is 0. The number of furan rings is 1. The van der Waals surface area contributed by atoms with E-state index in [-0.39, 0.29) is 0 Å². The predicted octanol–water partition coefficient (Wildman–Crippen LogP) is 2.21. The van der Waals surface area contributed by atoms with Crippen molar-refractivity contribution in [1.29, 1.82) is 0 Å². The van der Waals surface area contributed by atoms with Gasteiger partial charge in [0.05, 0.1) is 6.26 Å². The summed E-state index contributed by atoms with van der Waals surface area (Å²) in [6.07, 6.45) is 6.37. The Morgan fingerprint density at radius 3 is 3.00 bits per heavy atom. The van der Waals surface area contributed by atoms with Crippen LogP contribution in [-0.2, 0) is 6.42 Å². The Bertz CT molecular complexity index is 310. The fourth-order valence-corrected chi connectivity index (χ4v) is 2.78. The smallest absolute Gasteiger partial charge is 0.105 e. The number of aliphatic hydroxyl groups is 1. The van der Waals surface area contributed by atoms with E-state index in [0.29, 0.717) is 24.5 Å². The normalized spacial score (nSPS) is 26.2. The van der Waals surface area contributed by atoms with Gasteiger partial charge in [0.15, 0.2) is 0 Å². The zero-order chi connectivity index (χ0) is 12.1. The highest BCUT2D eigenvalue weighted by atomic mass is 16.3. The molecule has 2 rings (SSSR count). The standard InChI is InChI=1S/C14H23NO2/c1-11(8-14-6-3-7-17-14)15-9-12-4-2-5-13(12)10-16/h3,6-7,11-13,15-16H,2,4-5,8-10H2,1H3. The van der Waals surface area contributed by atoms with E-state index in [1.165, 1.54) is 19.3 Å².